The third-order valence-corrected chi connectivity index (χ3v) is 3.56. The summed E-state index contributed by atoms with van der Waals surface area (Å²) in [5, 5.41) is 18.8. The minimum absolute atomic E-state index is 0. The number of carboxylic acid groups (broad SMARTS) is 2. The van der Waals surface area contributed by atoms with Crippen LogP contribution in [0.4, 0.5) is 0 Å². The Balaban J connectivity index is -0.000000704. The molecule has 0 saturated heterocycles. The molecule has 0 aliphatic carbocycles. The number of carboxylic acids is 2. The molecule has 1 amide bonds. The molecule has 0 aromatic heterocycles. The summed E-state index contributed by atoms with van der Waals surface area (Å²) in [6, 6.07) is -0.786. The van der Waals surface area contributed by atoms with Gasteiger partial charge in [-0.25, -0.2) is 0 Å². The van der Waals surface area contributed by atoms with E-state index in [9.17, 15) is 14.4 Å². The molecule has 0 bridgehead atoms. The second-order valence-corrected chi connectivity index (χ2v) is 5.95. The molecule has 0 aromatic rings. The summed E-state index contributed by atoms with van der Waals surface area (Å²) in [5.41, 5.74) is 0. The monoisotopic (exact) mass is 369 g/mol. The Bertz CT molecular complexity index is 350. The molecule has 1 unspecified atom stereocenters. The molecule has 0 rings (SSSR count). The molecule has 6 nitrogen and oxygen atoms in total. The predicted octanol–water partition coefficient (Wildman–Crippen LogP) is 3.33. The Morgan fingerprint density at radius 2 is 1.24 bits per heavy atom. The van der Waals surface area contributed by atoms with E-state index < -0.39 is 18.0 Å². The number of nitrogens with one attached hydrogen (secondary N) is 1. The first kappa shape index (κ1) is 29.2. The third-order valence-electron chi connectivity index (χ3n) is 3.56. The maximum absolute atomic E-state index is 11.4. The minimum atomic E-state index is -0.986. The van der Waals surface area contributed by atoms with Gasteiger partial charge in [0.2, 0.25) is 5.91 Å². The van der Waals surface area contributed by atoms with Gasteiger partial charge in [0, 0.05) is 12.8 Å². The van der Waals surface area contributed by atoms with Crippen molar-refractivity contribution in [1.29, 1.82) is 0 Å². The number of amides is 1. The molecular formula is C18H36NNaO5. The average Bonchev–Trinajstić information content (AvgIpc) is 2.53. The van der Waals surface area contributed by atoms with Gasteiger partial charge in [0.25, 0.3) is 0 Å². The SMILES string of the molecule is CCC(=O)O.CCCCCCCCCCCC(=O)NC(C)C(=O)O.[NaH]. The Morgan fingerprint density at radius 1 is 0.840 bits per heavy atom. The maximum atomic E-state index is 11.4. The Kier molecular flexibility index (Phi) is 25.0. The van der Waals surface area contributed by atoms with Gasteiger partial charge < -0.3 is 15.5 Å². The zero-order valence-electron chi connectivity index (χ0n) is 15.5. The van der Waals surface area contributed by atoms with E-state index in [-0.39, 0.29) is 41.9 Å². The number of carbonyl (C=O) groups is 3. The van der Waals surface area contributed by atoms with Gasteiger partial charge in [0.05, 0.1) is 0 Å². The number of hydrogen-bond acceptors (Lipinski definition) is 3. The van der Waals surface area contributed by atoms with Gasteiger partial charge in [-0.05, 0) is 13.3 Å². The molecule has 0 aromatic carbocycles. The normalized spacial score (nSPS) is 10.7. The number of aliphatic carboxylic acids is 2. The van der Waals surface area contributed by atoms with Crippen LogP contribution in [0.2, 0.25) is 0 Å². The molecule has 0 spiro atoms. The van der Waals surface area contributed by atoms with E-state index in [1.165, 1.54) is 51.9 Å². The average molecular weight is 369 g/mol. The molecule has 144 valence electrons. The first-order chi connectivity index (χ1) is 11.3. The number of rotatable bonds is 13. The first-order valence-corrected chi connectivity index (χ1v) is 9.09. The molecule has 1 atom stereocenters. The second kappa shape index (κ2) is 21.5. The summed E-state index contributed by atoms with van der Waals surface area (Å²) in [6.45, 7) is 5.30. The van der Waals surface area contributed by atoms with Gasteiger partial charge in [0.1, 0.15) is 6.04 Å². The van der Waals surface area contributed by atoms with Crippen molar-refractivity contribution in [2.75, 3.05) is 0 Å². The van der Waals surface area contributed by atoms with Gasteiger partial charge >= 0.3 is 41.5 Å². The van der Waals surface area contributed by atoms with E-state index in [1.807, 2.05) is 0 Å². The van der Waals surface area contributed by atoms with Gasteiger partial charge in [-0.3, -0.25) is 14.4 Å². The third kappa shape index (κ3) is 25.8. The van der Waals surface area contributed by atoms with E-state index in [0.717, 1.165) is 12.8 Å². The Labute approximate surface area is 174 Å². The van der Waals surface area contributed by atoms with Gasteiger partial charge in [-0.1, -0.05) is 65.2 Å². The molecule has 7 heteroatoms. The summed E-state index contributed by atoms with van der Waals surface area (Å²) in [4.78, 5) is 31.3. The number of hydrogen-bond donors (Lipinski definition) is 3. The summed E-state index contributed by atoms with van der Waals surface area (Å²) >= 11 is 0. The number of carbonyl (C=O) groups excluding carboxylic acids is 1. The van der Waals surface area contributed by atoms with Crippen LogP contribution in [0.3, 0.4) is 0 Å². The van der Waals surface area contributed by atoms with Gasteiger partial charge in [-0.2, -0.15) is 0 Å². The molecule has 3 N–H and O–H groups in total. The molecule has 0 aliphatic heterocycles. The molecule has 25 heavy (non-hydrogen) atoms. The van der Waals surface area contributed by atoms with E-state index in [4.69, 9.17) is 10.2 Å². The van der Waals surface area contributed by atoms with Crippen molar-refractivity contribution in [1.82, 2.24) is 5.32 Å². The first-order valence-electron chi connectivity index (χ1n) is 9.09. The van der Waals surface area contributed by atoms with E-state index in [0.29, 0.717) is 6.42 Å². The summed E-state index contributed by atoms with van der Waals surface area (Å²) in [7, 11) is 0. The van der Waals surface area contributed by atoms with Crippen molar-refractivity contribution in [3.8, 4) is 0 Å². The predicted molar refractivity (Wildman–Crippen MR) is 102 cm³/mol. The zero-order valence-corrected chi connectivity index (χ0v) is 15.5. The van der Waals surface area contributed by atoms with Crippen LogP contribution in [-0.4, -0.2) is 63.7 Å². The van der Waals surface area contributed by atoms with Crippen molar-refractivity contribution in [3.63, 3.8) is 0 Å². The van der Waals surface area contributed by atoms with Crippen LogP contribution in [0, 0.1) is 0 Å². The van der Waals surface area contributed by atoms with Crippen LogP contribution < -0.4 is 5.32 Å². The van der Waals surface area contributed by atoms with E-state index >= 15 is 0 Å². The van der Waals surface area contributed by atoms with Crippen molar-refractivity contribution < 1.29 is 24.6 Å². The van der Waals surface area contributed by atoms with Crippen LogP contribution in [0.5, 0.6) is 0 Å². The summed E-state index contributed by atoms with van der Waals surface area (Å²) < 4.78 is 0. The van der Waals surface area contributed by atoms with Crippen LogP contribution in [0.25, 0.3) is 0 Å². The fourth-order valence-corrected chi connectivity index (χ4v) is 1.97. The Morgan fingerprint density at radius 3 is 1.60 bits per heavy atom. The molecule has 0 aliphatic rings. The Hall–Kier alpha value is -0.590. The van der Waals surface area contributed by atoms with E-state index in [2.05, 4.69) is 12.2 Å². The fourth-order valence-electron chi connectivity index (χ4n) is 1.97. The summed E-state index contributed by atoms with van der Waals surface area (Å²) in [5.74, 6) is -1.89. The standard InChI is InChI=1S/C15H29NO3.C3H6O2.Na.H/c1-3-4-5-6-7-8-9-10-11-12-14(17)16-13(2)15(18)19;1-2-3(4)5;;/h13H,3-12H2,1-2H3,(H,16,17)(H,18,19);2H2,1H3,(H,4,5);;. The van der Waals surface area contributed by atoms with Crippen molar-refractivity contribution in [2.45, 2.75) is 97.4 Å². The van der Waals surface area contributed by atoms with Crippen LogP contribution in [0.1, 0.15) is 91.4 Å². The van der Waals surface area contributed by atoms with Gasteiger partial charge in [0.15, 0.2) is 0 Å². The zero-order chi connectivity index (χ0) is 18.8. The van der Waals surface area contributed by atoms with Crippen molar-refractivity contribution in [2.24, 2.45) is 0 Å². The van der Waals surface area contributed by atoms with Crippen LogP contribution in [-0.2, 0) is 14.4 Å². The van der Waals surface area contributed by atoms with Crippen LogP contribution in [0.15, 0.2) is 0 Å². The topological polar surface area (TPSA) is 104 Å². The second-order valence-electron chi connectivity index (χ2n) is 5.95. The molecule has 0 saturated carbocycles. The van der Waals surface area contributed by atoms with Crippen molar-refractivity contribution in [3.05, 3.63) is 0 Å². The molecule has 0 radical (unpaired) electrons. The van der Waals surface area contributed by atoms with Gasteiger partial charge in [-0.15, -0.1) is 0 Å². The number of unbranched alkanes of at least 4 members (excludes halogenated alkanes) is 8. The molecule has 0 fully saturated rings. The molecule has 0 heterocycles. The van der Waals surface area contributed by atoms with E-state index in [1.54, 1.807) is 6.92 Å². The van der Waals surface area contributed by atoms with Crippen LogP contribution >= 0.6 is 0 Å². The quantitative estimate of drug-likeness (QED) is 0.341. The van der Waals surface area contributed by atoms with Crippen molar-refractivity contribution >= 4 is 47.4 Å². The molecular weight excluding hydrogens is 333 g/mol. The summed E-state index contributed by atoms with van der Waals surface area (Å²) in [6.07, 6.45) is 11.6. The fraction of sp³-hybridized carbons (Fsp3) is 0.833.